The molecule has 4 heterocycles. The fourth-order valence-corrected chi connectivity index (χ4v) is 6.03. The number of piperazine rings is 1. The van der Waals surface area contributed by atoms with Crippen molar-refractivity contribution in [1.29, 1.82) is 0 Å². The summed E-state index contributed by atoms with van der Waals surface area (Å²) < 4.78 is 2.09. The van der Waals surface area contributed by atoms with Gasteiger partial charge in [0, 0.05) is 74.8 Å². The second kappa shape index (κ2) is 10.2. The minimum absolute atomic E-state index is 0.286. The van der Waals surface area contributed by atoms with E-state index in [1.807, 2.05) is 12.4 Å². The molecule has 1 saturated heterocycles. The maximum atomic E-state index is 12.4. The Bertz CT molecular complexity index is 1470. The minimum Gasteiger partial charge on any atom is -0.342 e. The zero-order valence-electron chi connectivity index (χ0n) is 22.7. The van der Waals surface area contributed by atoms with Gasteiger partial charge in [-0.25, -0.2) is 4.98 Å². The molecule has 1 aliphatic heterocycles. The maximum absolute atomic E-state index is 12.4. The van der Waals surface area contributed by atoms with Gasteiger partial charge in [0.05, 0.1) is 17.2 Å². The van der Waals surface area contributed by atoms with Crippen molar-refractivity contribution in [3.63, 3.8) is 0 Å². The molecule has 3 fully saturated rings. The summed E-state index contributed by atoms with van der Waals surface area (Å²) in [4.78, 5) is 30.0. The summed E-state index contributed by atoms with van der Waals surface area (Å²) >= 11 is 0. The first kappa shape index (κ1) is 24.5. The lowest BCUT2D eigenvalue weighted by atomic mass is 9.85. The van der Waals surface area contributed by atoms with E-state index >= 15 is 0 Å². The minimum atomic E-state index is 0.286. The first-order valence-corrected chi connectivity index (χ1v) is 14.6. The first-order valence-electron chi connectivity index (χ1n) is 14.6. The van der Waals surface area contributed by atoms with E-state index in [4.69, 9.17) is 4.98 Å². The number of H-pyrrole nitrogens is 1. The van der Waals surface area contributed by atoms with Gasteiger partial charge in [-0.1, -0.05) is 12.5 Å². The average molecular weight is 524 g/mol. The van der Waals surface area contributed by atoms with Gasteiger partial charge in [0.25, 0.3) is 0 Å². The van der Waals surface area contributed by atoms with E-state index in [2.05, 4.69) is 73.0 Å². The number of nitrogens with zero attached hydrogens (tertiary/aromatic N) is 6. The number of amides is 1. The van der Waals surface area contributed by atoms with Crippen molar-refractivity contribution < 1.29 is 4.79 Å². The summed E-state index contributed by atoms with van der Waals surface area (Å²) in [6.45, 7) is 6.79. The SMILES string of the molecule is CC(c1ccnc(Cc2nc3ccc(-c4cnn(CC5CCC5)c4)cc3[nH]2)c1)N1CCN(C(=O)C2CC2)CC1. The van der Waals surface area contributed by atoms with Gasteiger partial charge in [-0.3, -0.25) is 19.4 Å². The van der Waals surface area contributed by atoms with Crippen molar-refractivity contribution in [3.05, 3.63) is 66.0 Å². The fourth-order valence-electron chi connectivity index (χ4n) is 6.03. The predicted octanol–water partition coefficient (Wildman–Crippen LogP) is 4.83. The average Bonchev–Trinajstić information content (AvgIpc) is 3.55. The van der Waals surface area contributed by atoms with Crippen molar-refractivity contribution in [2.45, 2.75) is 58.0 Å². The van der Waals surface area contributed by atoms with Crippen LogP contribution in [-0.4, -0.2) is 66.6 Å². The van der Waals surface area contributed by atoms with Gasteiger partial charge in [0.2, 0.25) is 5.91 Å². The molecule has 2 aliphatic carbocycles. The van der Waals surface area contributed by atoms with E-state index in [0.717, 1.165) is 85.2 Å². The Labute approximate surface area is 229 Å². The molecule has 1 N–H and O–H groups in total. The third-order valence-electron chi connectivity index (χ3n) is 8.94. The van der Waals surface area contributed by atoms with Crippen LogP contribution in [0.2, 0.25) is 0 Å². The van der Waals surface area contributed by atoms with Crippen LogP contribution in [0.1, 0.15) is 62.2 Å². The lowest BCUT2D eigenvalue weighted by Gasteiger charge is -2.38. The molecule has 3 aliphatic rings. The normalized spacial score (nSPS) is 19.4. The number of aromatic amines is 1. The van der Waals surface area contributed by atoms with Crippen LogP contribution in [-0.2, 0) is 17.8 Å². The number of pyridine rings is 1. The largest absolute Gasteiger partial charge is 0.342 e. The predicted molar refractivity (Wildman–Crippen MR) is 151 cm³/mol. The highest BCUT2D eigenvalue weighted by molar-refractivity contribution is 5.82. The summed E-state index contributed by atoms with van der Waals surface area (Å²) in [7, 11) is 0. The molecule has 0 radical (unpaired) electrons. The van der Waals surface area contributed by atoms with Crippen LogP contribution < -0.4 is 0 Å². The molecule has 8 nitrogen and oxygen atoms in total. The van der Waals surface area contributed by atoms with Gasteiger partial charge >= 0.3 is 0 Å². The summed E-state index contributed by atoms with van der Waals surface area (Å²) in [5.74, 6) is 2.39. The van der Waals surface area contributed by atoms with Crippen molar-refractivity contribution >= 4 is 16.9 Å². The summed E-state index contributed by atoms with van der Waals surface area (Å²) in [6.07, 6.45) is 12.9. The van der Waals surface area contributed by atoms with Gasteiger partial charge in [0.1, 0.15) is 5.82 Å². The van der Waals surface area contributed by atoms with Crippen LogP contribution in [0.4, 0.5) is 0 Å². The van der Waals surface area contributed by atoms with Crippen molar-refractivity contribution in [3.8, 4) is 11.1 Å². The highest BCUT2D eigenvalue weighted by atomic mass is 16.2. The van der Waals surface area contributed by atoms with Crippen molar-refractivity contribution in [2.75, 3.05) is 26.2 Å². The van der Waals surface area contributed by atoms with E-state index in [9.17, 15) is 4.79 Å². The number of carbonyl (C=O) groups is 1. The molecule has 1 unspecified atom stereocenters. The monoisotopic (exact) mass is 523 g/mol. The third-order valence-corrected chi connectivity index (χ3v) is 8.94. The molecule has 8 heteroatoms. The van der Waals surface area contributed by atoms with Gasteiger partial charge in [-0.15, -0.1) is 0 Å². The van der Waals surface area contributed by atoms with Gasteiger partial charge in [0.15, 0.2) is 0 Å². The van der Waals surface area contributed by atoms with E-state index in [-0.39, 0.29) is 6.04 Å². The molecule has 2 saturated carbocycles. The van der Waals surface area contributed by atoms with E-state index < -0.39 is 0 Å². The maximum Gasteiger partial charge on any atom is 0.225 e. The van der Waals surface area contributed by atoms with Gasteiger partial charge in [-0.05, 0) is 73.9 Å². The fraction of sp³-hybridized carbons (Fsp3) is 0.484. The molecule has 39 heavy (non-hydrogen) atoms. The summed E-state index contributed by atoms with van der Waals surface area (Å²) in [5.41, 5.74) is 6.59. The Morgan fingerprint density at radius 2 is 1.90 bits per heavy atom. The van der Waals surface area contributed by atoms with Crippen LogP contribution in [0, 0.1) is 11.8 Å². The third kappa shape index (κ3) is 5.22. The number of imidazole rings is 1. The second-order valence-electron chi connectivity index (χ2n) is 11.7. The summed E-state index contributed by atoms with van der Waals surface area (Å²) in [6, 6.07) is 11.0. The van der Waals surface area contributed by atoms with E-state index in [1.54, 1.807) is 0 Å². The van der Waals surface area contributed by atoms with Crippen molar-refractivity contribution in [1.82, 2.24) is 34.5 Å². The Morgan fingerprint density at radius 3 is 2.67 bits per heavy atom. The molecule has 4 aromatic rings. The zero-order valence-corrected chi connectivity index (χ0v) is 22.7. The number of hydrogen-bond acceptors (Lipinski definition) is 5. The molecule has 1 atom stereocenters. The van der Waals surface area contributed by atoms with Crippen molar-refractivity contribution in [2.24, 2.45) is 11.8 Å². The number of benzene rings is 1. The molecule has 0 bridgehead atoms. The molecule has 202 valence electrons. The Morgan fingerprint density at radius 1 is 1.05 bits per heavy atom. The van der Waals surface area contributed by atoms with E-state index in [1.165, 1.54) is 24.8 Å². The molecule has 3 aromatic heterocycles. The Hall–Kier alpha value is -3.52. The van der Waals surface area contributed by atoms with Crippen LogP contribution in [0.5, 0.6) is 0 Å². The van der Waals surface area contributed by atoms with Crippen LogP contribution >= 0.6 is 0 Å². The molecule has 1 aromatic carbocycles. The number of fused-ring (bicyclic) bond motifs is 1. The van der Waals surface area contributed by atoms with Crippen LogP contribution in [0.15, 0.2) is 48.9 Å². The first-order chi connectivity index (χ1) is 19.1. The Kier molecular flexibility index (Phi) is 6.43. The van der Waals surface area contributed by atoms with E-state index in [0.29, 0.717) is 18.2 Å². The van der Waals surface area contributed by atoms with Gasteiger partial charge in [-0.2, -0.15) is 5.10 Å². The molecular formula is C31H37N7O. The van der Waals surface area contributed by atoms with Gasteiger partial charge < -0.3 is 9.88 Å². The standard InChI is InChI=1S/C31H37N7O/c1-21(36-11-13-37(14-12-36)31(39)23-5-6-23)24-9-10-32-27(15-24)17-30-34-28-8-7-25(16-29(28)35-30)26-18-33-38(20-26)19-22-3-2-4-22/h7-10,15-16,18,20-23H,2-6,11-14,17,19H2,1H3,(H,34,35). The second-order valence-corrected chi connectivity index (χ2v) is 11.7. The molecule has 1 amide bonds. The number of rotatable bonds is 8. The molecule has 7 rings (SSSR count). The number of nitrogens with one attached hydrogen (secondary N) is 1. The quantitative estimate of drug-likeness (QED) is 0.358. The summed E-state index contributed by atoms with van der Waals surface area (Å²) in [5, 5.41) is 4.59. The number of carbonyl (C=O) groups excluding carboxylic acids is 1. The van der Waals surface area contributed by atoms with Crippen LogP contribution in [0.3, 0.4) is 0 Å². The molecule has 0 spiro atoms. The number of hydrogen-bond donors (Lipinski definition) is 1. The Balaban J connectivity index is 1.01. The lowest BCUT2D eigenvalue weighted by molar-refractivity contribution is -0.134. The highest BCUT2D eigenvalue weighted by Crippen LogP contribution is 2.32. The zero-order chi connectivity index (χ0) is 26.3. The lowest BCUT2D eigenvalue weighted by Crippen LogP contribution is -2.49. The molecular weight excluding hydrogens is 486 g/mol. The highest BCUT2D eigenvalue weighted by Gasteiger charge is 2.35. The topological polar surface area (TPSA) is 82.9 Å². The number of aromatic nitrogens is 5. The smallest absolute Gasteiger partial charge is 0.225 e. The van der Waals surface area contributed by atoms with Crippen LogP contribution in [0.25, 0.3) is 22.2 Å².